The van der Waals surface area contributed by atoms with Crippen LogP contribution < -0.4 is 11.1 Å². The van der Waals surface area contributed by atoms with Gasteiger partial charge in [-0.3, -0.25) is 15.1 Å². The van der Waals surface area contributed by atoms with Gasteiger partial charge in [0, 0.05) is 30.2 Å². The van der Waals surface area contributed by atoms with Crippen LogP contribution >= 0.6 is 0 Å². The third-order valence-corrected chi connectivity index (χ3v) is 4.49. The monoisotopic (exact) mass is 481 g/mol. The molecule has 0 saturated heterocycles. The van der Waals surface area contributed by atoms with E-state index in [1.54, 1.807) is 30.3 Å². The van der Waals surface area contributed by atoms with Crippen molar-refractivity contribution in [2.24, 2.45) is 10.2 Å². The molecule has 0 atom stereocenters. The first-order valence-corrected chi connectivity index (χ1v) is 9.75. The summed E-state index contributed by atoms with van der Waals surface area (Å²) in [5.41, 5.74) is 4.08. The molecule has 0 aliphatic rings. The van der Waals surface area contributed by atoms with E-state index in [4.69, 9.17) is 5.73 Å². The van der Waals surface area contributed by atoms with Crippen molar-refractivity contribution in [3.05, 3.63) is 82.8 Å². The van der Waals surface area contributed by atoms with Crippen LogP contribution in [0.3, 0.4) is 0 Å². The highest BCUT2D eigenvalue weighted by molar-refractivity contribution is 5.78. The number of nitrogens with zero attached hydrogens (tertiary/aromatic N) is 7. The molecule has 2 aromatic carbocycles. The topological polar surface area (TPSA) is 157 Å². The molecule has 0 unspecified atom stereocenters. The van der Waals surface area contributed by atoms with Gasteiger partial charge in [-0.1, -0.05) is 18.2 Å². The third kappa shape index (κ3) is 5.32. The molecule has 14 heteroatoms. The number of para-hydroxylation sites is 1. The van der Waals surface area contributed by atoms with Gasteiger partial charge in [0.25, 0.3) is 5.69 Å². The van der Waals surface area contributed by atoms with E-state index in [1.165, 1.54) is 18.6 Å². The summed E-state index contributed by atoms with van der Waals surface area (Å²) in [7, 11) is 0. The van der Waals surface area contributed by atoms with Gasteiger partial charge in [-0.25, -0.2) is 15.0 Å². The van der Waals surface area contributed by atoms with E-state index in [0.29, 0.717) is 17.4 Å². The molecule has 4 rings (SSSR count). The van der Waals surface area contributed by atoms with Crippen LogP contribution in [-0.2, 0) is 6.18 Å². The molecule has 35 heavy (non-hydrogen) atoms. The van der Waals surface area contributed by atoms with Crippen LogP contribution in [0.2, 0.25) is 0 Å². The maximum Gasteiger partial charge on any atom is 0.418 e. The first kappa shape index (κ1) is 23.2. The summed E-state index contributed by atoms with van der Waals surface area (Å²) in [6.45, 7) is 0. The Morgan fingerprint density at radius 2 is 1.80 bits per heavy atom. The van der Waals surface area contributed by atoms with E-state index in [-0.39, 0.29) is 23.1 Å². The minimum Gasteiger partial charge on any atom is -0.382 e. The Hall–Kier alpha value is -5.01. The molecular formula is C21H14F3N9O2. The Kier molecular flexibility index (Phi) is 6.26. The fourth-order valence-electron chi connectivity index (χ4n) is 2.90. The van der Waals surface area contributed by atoms with Crippen LogP contribution in [0, 0.1) is 10.1 Å². The number of hydrogen-bond donors (Lipinski definition) is 2. The Morgan fingerprint density at radius 3 is 2.46 bits per heavy atom. The van der Waals surface area contributed by atoms with Crippen LogP contribution in [0.15, 0.2) is 77.3 Å². The minimum absolute atomic E-state index is 0.0450. The lowest BCUT2D eigenvalue weighted by Gasteiger charge is -2.12. The molecule has 0 aliphatic heterocycles. The highest BCUT2D eigenvalue weighted by Gasteiger charge is 2.35. The number of nitrogens with two attached hydrogens (primary N) is 1. The molecule has 0 spiro atoms. The van der Waals surface area contributed by atoms with Gasteiger partial charge in [-0.2, -0.15) is 13.2 Å². The number of halogens is 3. The quantitative estimate of drug-likeness (QED) is 0.205. The maximum atomic E-state index is 13.5. The summed E-state index contributed by atoms with van der Waals surface area (Å²) in [5, 5.41) is 21.4. The van der Waals surface area contributed by atoms with Crippen molar-refractivity contribution >= 4 is 34.4 Å². The van der Waals surface area contributed by atoms with E-state index in [9.17, 15) is 23.3 Å². The molecule has 0 saturated carbocycles. The highest BCUT2D eigenvalue weighted by atomic mass is 19.4. The number of non-ortho nitro benzene ring substituents is 1. The van der Waals surface area contributed by atoms with Crippen molar-refractivity contribution in [1.29, 1.82) is 0 Å². The first-order chi connectivity index (χ1) is 16.7. The summed E-state index contributed by atoms with van der Waals surface area (Å²) in [4.78, 5) is 26.5. The van der Waals surface area contributed by atoms with Crippen molar-refractivity contribution in [2.45, 2.75) is 6.18 Å². The Labute approximate surface area is 194 Å². The van der Waals surface area contributed by atoms with Gasteiger partial charge in [0.15, 0.2) is 23.1 Å². The first-order valence-electron chi connectivity index (χ1n) is 9.75. The van der Waals surface area contributed by atoms with Crippen molar-refractivity contribution in [3.8, 4) is 11.5 Å². The molecule has 176 valence electrons. The van der Waals surface area contributed by atoms with E-state index in [2.05, 4.69) is 35.5 Å². The van der Waals surface area contributed by atoms with Gasteiger partial charge in [0.05, 0.1) is 22.4 Å². The standard InChI is InChI=1S/C21H14F3N9O2/c22-21(23,24)14-10-13(33(34)35)6-7-15(14)31-32-17-18(25)29-19(16-11-26-8-9-27-16)30-20(17)28-12-4-2-1-3-5-12/h1-11H,(H3,25,28,29,30). The van der Waals surface area contributed by atoms with Gasteiger partial charge in [0.2, 0.25) is 0 Å². The third-order valence-electron chi connectivity index (χ3n) is 4.49. The Balaban J connectivity index is 1.81. The van der Waals surface area contributed by atoms with Crippen LogP contribution in [0.4, 0.5) is 47.6 Å². The number of nitrogens with one attached hydrogen (secondary N) is 1. The molecule has 11 nitrogen and oxygen atoms in total. The molecule has 4 aromatic rings. The average Bonchev–Trinajstić information content (AvgIpc) is 2.84. The normalized spacial score (nSPS) is 11.5. The number of nitrogen functional groups attached to an aromatic ring is 1. The zero-order valence-electron chi connectivity index (χ0n) is 17.5. The average molecular weight is 481 g/mol. The number of nitro benzene ring substituents is 1. The van der Waals surface area contributed by atoms with Gasteiger partial charge >= 0.3 is 6.18 Å². The van der Waals surface area contributed by atoms with E-state index in [0.717, 1.165) is 12.1 Å². The van der Waals surface area contributed by atoms with Gasteiger partial charge < -0.3 is 11.1 Å². The minimum atomic E-state index is -4.91. The lowest BCUT2D eigenvalue weighted by Crippen LogP contribution is -2.06. The molecule has 2 aromatic heterocycles. The molecule has 0 fully saturated rings. The number of alkyl halides is 3. The van der Waals surface area contributed by atoms with E-state index >= 15 is 0 Å². The molecule has 0 bridgehead atoms. The van der Waals surface area contributed by atoms with Crippen molar-refractivity contribution < 1.29 is 18.1 Å². The Bertz CT molecular complexity index is 1400. The fraction of sp³-hybridized carbons (Fsp3) is 0.0476. The van der Waals surface area contributed by atoms with E-state index < -0.39 is 28.0 Å². The second-order valence-corrected chi connectivity index (χ2v) is 6.87. The SMILES string of the molecule is Nc1nc(-c2cnccn2)nc(Nc2ccccc2)c1N=Nc1ccc([N+](=O)[O-])cc1C(F)(F)F. The molecule has 2 heterocycles. The van der Waals surface area contributed by atoms with Crippen LogP contribution in [0.25, 0.3) is 11.5 Å². The van der Waals surface area contributed by atoms with Gasteiger partial charge in [-0.15, -0.1) is 10.2 Å². The number of azo groups is 1. The fourth-order valence-corrected chi connectivity index (χ4v) is 2.90. The number of rotatable bonds is 6. The summed E-state index contributed by atoms with van der Waals surface area (Å²) in [6.07, 6.45) is -0.612. The number of hydrogen-bond acceptors (Lipinski definition) is 10. The summed E-state index contributed by atoms with van der Waals surface area (Å²) >= 11 is 0. The van der Waals surface area contributed by atoms with E-state index in [1.807, 2.05) is 0 Å². The second kappa shape index (κ2) is 9.46. The summed E-state index contributed by atoms with van der Waals surface area (Å²) in [6, 6.07) is 10.9. The van der Waals surface area contributed by atoms with Crippen LogP contribution in [0.1, 0.15) is 5.56 Å². The molecule has 3 N–H and O–H groups in total. The van der Waals surface area contributed by atoms with Crippen molar-refractivity contribution in [2.75, 3.05) is 11.1 Å². The molecule has 0 amide bonds. The molecule has 0 aliphatic carbocycles. The predicted molar refractivity (Wildman–Crippen MR) is 119 cm³/mol. The number of aromatic nitrogens is 4. The summed E-state index contributed by atoms with van der Waals surface area (Å²) < 4.78 is 40.5. The lowest BCUT2D eigenvalue weighted by molar-refractivity contribution is -0.385. The number of benzene rings is 2. The van der Waals surface area contributed by atoms with Crippen molar-refractivity contribution in [3.63, 3.8) is 0 Å². The zero-order chi connectivity index (χ0) is 25.0. The zero-order valence-corrected chi connectivity index (χ0v) is 17.5. The largest absolute Gasteiger partial charge is 0.418 e. The number of nitro groups is 1. The highest BCUT2D eigenvalue weighted by Crippen LogP contribution is 2.40. The maximum absolute atomic E-state index is 13.5. The number of anilines is 3. The predicted octanol–water partition coefficient (Wildman–Crippen LogP) is 5.60. The van der Waals surface area contributed by atoms with Crippen LogP contribution in [0.5, 0.6) is 0 Å². The van der Waals surface area contributed by atoms with Gasteiger partial charge in [0.1, 0.15) is 5.69 Å². The summed E-state index contributed by atoms with van der Waals surface area (Å²) in [5.74, 6) is -0.0545. The van der Waals surface area contributed by atoms with Gasteiger partial charge in [-0.05, 0) is 18.2 Å². The Morgan fingerprint density at radius 1 is 1.03 bits per heavy atom. The molecular weight excluding hydrogens is 467 g/mol. The second-order valence-electron chi connectivity index (χ2n) is 6.87. The molecule has 0 radical (unpaired) electrons. The smallest absolute Gasteiger partial charge is 0.382 e. The van der Waals surface area contributed by atoms with Crippen molar-refractivity contribution in [1.82, 2.24) is 19.9 Å². The van der Waals surface area contributed by atoms with Crippen LogP contribution in [-0.4, -0.2) is 24.9 Å². The lowest BCUT2D eigenvalue weighted by atomic mass is 10.1.